The summed E-state index contributed by atoms with van der Waals surface area (Å²) in [6, 6.07) is 9.65. The molecule has 0 fully saturated rings. The van der Waals surface area contributed by atoms with Crippen molar-refractivity contribution in [1.82, 2.24) is 5.32 Å². The Bertz CT molecular complexity index is 654. The Morgan fingerprint density at radius 2 is 1.58 bits per heavy atom. The Morgan fingerprint density at radius 1 is 1.00 bits per heavy atom. The highest BCUT2D eigenvalue weighted by molar-refractivity contribution is 5.91. The van der Waals surface area contributed by atoms with E-state index in [1.807, 2.05) is 26.8 Å². The number of nitrogens with one attached hydrogen (secondary N) is 1. The summed E-state index contributed by atoms with van der Waals surface area (Å²) in [6.07, 6.45) is -0.291. The molecule has 1 N–H and O–H groups in total. The molecule has 130 valence electrons. The van der Waals surface area contributed by atoms with Crippen LogP contribution in [0.4, 0.5) is 4.79 Å². The van der Waals surface area contributed by atoms with Gasteiger partial charge in [0, 0.05) is 12.5 Å². The standard InChI is InChI=1S/C19H25NO4/c1-18(2,3)23-16(21)15-12-8-7-10-14(15)11-9-13-20-17(22)24-19(4,5)6/h7-8,10,12H,11H2,1-6H3,(H,20,22). The first-order valence-corrected chi connectivity index (χ1v) is 7.76. The second kappa shape index (κ2) is 7.87. The van der Waals surface area contributed by atoms with Gasteiger partial charge in [-0.2, -0.15) is 0 Å². The van der Waals surface area contributed by atoms with Gasteiger partial charge in [0.2, 0.25) is 0 Å². The van der Waals surface area contributed by atoms with Crippen LogP contribution >= 0.6 is 0 Å². The first kappa shape index (κ1) is 19.6. The van der Waals surface area contributed by atoms with Crippen molar-refractivity contribution < 1.29 is 19.1 Å². The summed E-state index contributed by atoms with van der Waals surface area (Å²) in [4.78, 5) is 23.7. The lowest BCUT2D eigenvalue weighted by Gasteiger charge is -2.20. The summed E-state index contributed by atoms with van der Waals surface area (Å²) < 4.78 is 10.5. The molecule has 0 aromatic heterocycles. The molecule has 0 aliphatic rings. The average molecular weight is 331 g/mol. The van der Waals surface area contributed by atoms with Crippen molar-refractivity contribution in [3.8, 4) is 12.0 Å². The number of carbonyl (C=O) groups excluding carboxylic acids is 2. The number of benzene rings is 1. The van der Waals surface area contributed by atoms with E-state index in [-0.39, 0.29) is 5.97 Å². The van der Waals surface area contributed by atoms with Gasteiger partial charge in [-0.05, 0) is 53.2 Å². The number of esters is 1. The van der Waals surface area contributed by atoms with Crippen molar-refractivity contribution in [2.24, 2.45) is 0 Å². The van der Waals surface area contributed by atoms with E-state index in [1.165, 1.54) is 0 Å². The van der Waals surface area contributed by atoms with Gasteiger partial charge < -0.3 is 9.47 Å². The zero-order chi connectivity index (χ0) is 18.4. The highest BCUT2D eigenvalue weighted by Crippen LogP contribution is 2.16. The summed E-state index contributed by atoms with van der Waals surface area (Å²) in [5.41, 5.74) is 0.0766. The normalized spacial score (nSPS) is 11.1. The maximum atomic E-state index is 12.2. The molecule has 5 nitrogen and oxygen atoms in total. The zero-order valence-corrected chi connectivity index (χ0v) is 15.1. The Hall–Kier alpha value is -2.48. The number of amides is 1. The van der Waals surface area contributed by atoms with Crippen molar-refractivity contribution in [3.05, 3.63) is 35.4 Å². The molecule has 0 spiro atoms. The highest BCUT2D eigenvalue weighted by atomic mass is 16.6. The first-order chi connectivity index (χ1) is 11.0. The minimum Gasteiger partial charge on any atom is -0.456 e. The van der Waals surface area contributed by atoms with E-state index in [1.54, 1.807) is 39.0 Å². The van der Waals surface area contributed by atoms with E-state index in [2.05, 4.69) is 17.3 Å². The van der Waals surface area contributed by atoms with Crippen LogP contribution in [0.25, 0.3) is 0 Å². The molecule has 1 aromatic rings. The number of ether oxygens (including phenoxy) is 2. The Kier molecular flexibility index (Phi) is 6.42. The molecule has 0 bridgehead atoms. The summed E-state index contributed by atoms with van der Waals surface area (Å²) in [7, 11) is 0. The van der Waals surface area contributed by atoms with Gasteiger partial charge in [-0.3, -0.25) is 0 Å². The summed E-state index contributed by atoms with van der Waals surface area (Å²) in [6.45, 7) is 10.8. The van der Waals surface area contributed by atoms with E-state index in [9.17, 15) is 9.59 Å². The van der Waals surface area contributed by atoms with Gasteiger partial charge in [0.25, 0.3) is 0 Å². The van der Waals surface area contributed by atoms with Crippen LogP contribution in [0, 0.1) is 12.0 Å². The highest BCUT2D eigenvalue weighted by Gasteiger charge is 2.19. The lowest BCUT2D eigenvalue weighted by Crippen LogP contribution is -2.29. The van der Waals surface area contributed by atoms with Gasteiger partial charge in [0.1, 0.15) is 11.2 Å². The molecule has 0 saturated heterocycles. The second-order valence-electron chi connectivity index (χ2n) is 7.26. The molecular formula is C19H25NO4. The molecule has 1 rings (SSSR count). The zero-order valence-electron chi connectivity index (χ0n) is 15.1. The van der Waals surface area contributed by atoms with Crippen molar-refractivity contribution in [2.45, 2.75) is 59.2 Å². The van der Waals surface area contributed by atoms with Crippen molar-refractivity contribution >= 4 is 12.1 Å². The molecular weight excluding hydrogens is 306 g/mol. The number of alkyl carbamates (subject to hydrolysis) is 1. The molecule has 0 saturated carbocycles. The van der Waals surface area contributed by atoms with Crippen LogP contribution < -0.4 is 5.32 Å². The van der Waals surface area contributed by atoms with Crippen LogP contribution in [0.3, 0.4) is 0 Å². The molecule has 0 atom stereocenters. The van der Waals surface area contributed by atoms with Crippen LogP contribution in [0.15, 0.2) is 24.3 Å². The molecule has 0 aliphatic heterocycles. The molecule has 0 aliphatic carbocycles. The van der Waals surface area contributed by atoms with Gasteiger partial charge in [0.15, 0.2) is 0 Å². The molecule has 0 unspecified atom stereocenters. The Balaban J connectivity index is 2.72. The van der Waals surface area contributed by atoms with E-state index in [0.717, 1.165) is 5.56 Å². The van der Waals surface area contributed by atoms with E-state index < -0.39 is 17.3 Å². The summed E-state index contributed by atoms with van der Waals surface area (Å²) in [5, 5.41) is 2.36. The third kappa shape index (κ3) is 7.68. The molecule has 24 heavy (non-hydrogen) atoms. The van der Waals surface area contributed by atoms with Crippen molar-refractivity contribution in [2.75, 3.05) is 0 Å². The quantitative estimate of drug-likeness (QED) is 0.510. The fourth-order valence-corrected chi connectivity index (χ4v) is 1.74. The Morgan fingerprint density at radius 3 is 2.17 bits per heavy atom. The van der Waals surface area contributed by atoms with Gasteiger partial charge in [-0.15, -0.1) is 0 Å². The molecule has 0 radical (unpaired) electrons. The van der Waals surface area contributed by atoms with Gasteiger partial charge in [-0.25, -0.2) is 14.9 Å². The maximum Gasteiger partial charge on any atom is 0.419 e. The minimum atomic E-state index is -0.601. The van der Waals surface area contributed by atoms with Gasteiger partial charge >= 0.3 is 12.1 Å². The molecule has 1 aromatic carbocycles. The molecule has 5 heteroatoms. The average Bonchev–Trinajstić information content (AvgIpc) is 2.40. The van der Waals surface area contributed by atoms with Crippen molar-refractivity contribution in [1.29, 1.82) is 0 Å². The van der Waals surface area contributed by atoms with E-state index in [4.69, 9.17) is 9.47 Å². The predicted octanol–water partition coefficient (Wildman–Crippen LogP) is 3.67. The second-order valence-corrected chi connectivity index (χ2v) is 7.26. The van der Waals surface area contributed by atoms with E-state index in [0.29, 0.717) is 12.0 Å². The van der Waals surface area contributed by atoms with Crippen LogP contribution in [0.5, 0.6) is 0 Å². The molecule has 1 amide bonds. The van der Waals surface area contributed by atoms with Crippen LogP contribution in [-0.4, -0.2) is 23.3 Å². The largest absolute Gasteiger partial charge is 0.456 e. The van der Waals surface area contributed by atoms with Gasteiger partial charge in [-0.1, -0.05) is 24.1 Å². The van der Waals surface area contributed by atoms with Crippen LogP contribution in [-0.2, 0) is 15.9 Å². The third-order valence-corrected chi connectivity index (χ3v) is 2.57. The predicted molar refractivity (Wildman–Crippen MR) is 92.5 cm³/mol. The molecule has 0 heterocycles. The lowest BCUT2D eigenvalue weighted by atomic mass is 10.0. The lowest BCUT2D eigenvalue weighted by molar-refractivity contribution is 0.00682. The van der Waals surface area contributed by atoms with Gasteiger partial charge in [0.05, 0.1) is 5.56 Å². The van der Waals surface area contributed by atoms with Crippen LogP contribution in [0.2, 0.25) is 0 Å². The number of carbonyl (C=O) groups is 2. The number of hydrogen-bond donors (Lipinski definition) is 1. The SMILES string of the molecule is CC(C)(C)OC(=O)NC#CCc1ccccc1C(=O)OC(C)(C)C. The minimum absolute atomic E-state index is 0.311. The third-order valence-electron chi connectivity index (χ3n) is 2.57. The summed E-state index contributed by atoms with van der Waals surface area (Å²) in [5.74, 6) is 2.42. The maximum absolute atomic E-state index is 12.2. The Labute approximate surface area is 143 Å². The number of hydrogen-bond acceptors (Lipinski definition) is 4. The van der Waals surface area contributed by atoms with E-state index >= 15 is 0 Å². The summed E-state index contributed by atoms with van der Waals surface area (Å²) >= 11 is 0. The fraction of sp³-hybridized carbons (Fsp3) is 0.474. The first-order valence-electron chi connectivity index (χ1n) is 7.76. The smallest absolute Gasteiger partial charge is 0.419 e. The topological polar surface area (TPSA) is 64.6 Å². The van der Waals surface area contributed by atoms with Crippen LogP contribution in [0.1, 0.15) is 57.5 Å². The number of rotatable bonds is 2. The van der Waals surface area contributed by atoms with Crippen molar-refractivity contribution in [3.63, 3.8) is 0 Å². The monoisotopic (exact) mass is 331 g/mol. The fourth-order valence-electron chi connectivity index (χ4n) is 1.74.